The quantitative estimate of drug-likeness (QED) is 0.805. The maximum atomic E-state index is 8.80. The smallest absolute Gasteiger partial charge is 0.0992 e. The fourth-order valence-corrected chi connectivity index (χ4v) is 2.65. The summed E-state index contributed by atoms with van der Waals surface area (Å²) in [5.74, 6) is 0. The second-order valence-corrected chi connectivity index (χ2v) is 5.27. The first-order valence-corrected chi connectivity index (χ1v) is 6.80. The maximum Gasteiger partial charge on any atom is 0.0992 e. The summed E-state index contributed by atoms with van der Waals surface area (Å²) in [6, 6.07) is 7.86. The Balaban J connectivity index is 2.10. The van der Waals surface area contributed by atoms with Crippen LogP contribution in [0.5, 0.6) is 0 Å². The van der Waals surface area contributed by atoms with Crippen molar-refractivity contribution < 1.29 is 0 Å². The van der Waals surface area contributed by atoms with Gasteiger partial charge in [-0.2, -0.15) is 5.26 Å². The third-order valence-electron chi connectivity index (χ3n) is 3.51. The molecule has 4 heteroatoms. The van der Waals surface area contributed by atoms with Gasteiger partial charge in [0.15, 0.2) is 0 Å². The van der Waals surface area contributed by atoms with Crippen LogP contribution in [0.2, 0.25) is 5.02 Å². The molecular formula is C14H18ClN3. The maximum absolute atomic E-state index is 8.80. The summed E-state index contributed by atoms with van der Waals surface area (Å²) in [4.78, 5) is 0. The number of nitrogens with one attached hydrogen (secondary N) is 1. The lowest BCUT2D eigenvalue weighted by Crippen LogP contribution is -2.39. The molecule has 0 heterocycles. The Labute approximate surface area is 113 Å². The molecule has 0 radical (unpaired) electrons. The van der Waals surface area contributed by atoms with E-state index in [-0.39, 0.29) is 12.1 Å². The third kappa shape index (κ3) is 3.16. The van der Waals surface area contributed by atoms with E-state index in [1.807, 2.05) is 6.07 Å². The van der Waals surface area contributed by atoms with Crippen LogP contribution in [0.4, 0.5) is 5.69 Å². The predicted molar refractivity (Wildman–Crippen MR) is 74.6 cm³/mol. The van der Waals surface area contributed by atoms with Gasteiger partial charge in [0.1, 0.15) is 0 Å². The minimum absolute atomic E-state index is 0.180. The molecule has 1 saturated carbocycles. The molecule has 1 aromatic rings. The molecule has 0 aliphatic heterocycles. The van der Waals surface area contributed by atoms with Crippen LogP contribution in [0.3, 0.4) is 0 Å². The van der Waals surface area contributed by atoms with Gasteiger partial charge >= 0.3 is 0 Å². The molecule has 0 saturated heterocycles. The van der Waals surface area contributed by atoms with Crippen molar-refractivity contribution >= 4 is 17.3 Å². The van der Waals surface area contributed by atoms with Crippen LogP contribution in [0.15, 0.2) is 18.2 Å². The van der Waals surface area contributed by atoms with E-state index in [4.69, 9.17) is 22.6 Å². The van der Waals surface area contributed by atoms with Crippen molar-refractivity contribution in [1.82, 2.24) is 0 Å². The molecule has 2 rings (SSSR count). The largest absolute Gasteiger partial charge is 0.380 e. The Morgan fingerprint density at radius 3 is 2.78 bits per heavy atom. The highest BCUT2D eigenvalue weighted by Gasteiger charge is 2.20. The Morgan fingerprint density at radius 1 is 1.28 bits per heavy atom. The molecular weight excluding hydrogens is 246 g/mol. The van der Waals surface area contributed by atoms with Crippen LogP contribution >= 0.6 is 11.6 Å². The molecule has 1 aliphatic rings. The molecule has 18 heavy (non-hydrogen) atoms. The van der Waals surface area contributed by atoms with E-state index in [0.29, 0.717) is 10.6 Å². The second-order valence-electron chi connectivity index (χ2n) is 4.86. The monoisotopic (exact) mass is 263 g/mol. The Morgan fingerprint density at radius 2 is 2.06 bits per heavy atom. The number of nitrogens with two attached hydrogens (primary N) is 1. The van der Waals surface area contributed by atoms with Gasteiger partial charge in [-0.25, -0.2) is 0 Å². The van der Waals surface area contributed by atoms with E-state index in [9.17, 15) is 0 Å². The van der Waals surface area contributed by atoms with E-state index in [1.54, 1.807) is 12.1 Å². The van der Waals surface area contributed by atoms with Gasteiger partial charge < -0.3 is 11.1 Å². The van der Waals surface area contributed by atoms with Crippen molar-refractivity contribution in [3.05, 3.63) is 28.8 Å². The van der Waals surface area contributed by atoms with Gasteiger partial charge in [0.05, 0.1) is 22.3 Å². The van der Waals surface area contributed by atoms with Gasteiger partial charge in [-0.05, 0) is 31.0 Å². The third-order valence-corrected chi connectivity index (χ3v) is 3.82. The average molecular weight is 264 g/mol. The van der Waals surface area contributed by atoms with E-state index < -0.39 is 0 Å². The molecule has 2 atom stereocenters. The summed E-state index contributed by atoms with van der Waals surface area (Å²) >= 11 is 6.16. The predicted octanol–water partition coefficient (Wildman–Crippen LogP) is 3.28. The standard InChI is InChI=1S/C14H18ClN3/c15-11-8-10(9-16)6-7-13(11)18-14-5-3-1-2-4-12(14)17/h6-8,12,14,18H,1-5,17H2. The number of rotatable bonds is 2. The molecule has 2 unspecified atom stereocenters. The highest BCUT2D eigenvalue weighted by Crippen LogP contribution is 2.26. The summed E-state index contributed by atoms with van der Waals surface area (Å²) in [5, 5.41) is 12.8. The minimum Gasteiger partial charge on any atom is -0.380 e. The number of halogens is 1. The zero-order valence-electron chi connectivity index (χ0n) is 10.3. The fourth-order valence-electron chi connectivity index (χ4n) is 2.42. The zero-order chi connectivity index (χ0) is 13.0. The highest BCUT2D eigenvalue weighted by molar-refractivity contribution is 6.33. The molecule has 3 N–H and O–H groups in total. The van der Waals surface area contributed by atoms with Crippen molar-refractivity contribution in [3.63, 3.8) is 0 Å². The highest BCUT2D eigenvalue weighted by atomic mass is 35.5. The van der Waals surface area contributed by atoms with Gasteiger partial charge in [0, 0.05) is 12.1 Å². The zero-order valence-corrected chi connectivity index (χ0v) is 11.1. The van der Waals surface area contributed by atoms with Gasteiger partial charge in [-0.15, -0.1) is 0 Å². The lowest BCUT2D eigenvalue weighted by atomic mass is 10.0. The molecule has 1 aromatic carbocycles. The van der Waals surface area contributed by atoms with Crippen LogP contribution in [0.1, 0.15) is 37.7 Å². The number of hydrogen-bond donors (Lipinski definition) is 2. The number of nitrogens with zero attached hydrogens (tertiary/aromatic N) is 1. The van der Waals surface area contributed by atoms with Crippen molar-refractivity contribution in [1.29, 1.82) is 5.26 Å². The first kappa shape index (κ1) is 13.2. The molecule has 0 spiro atoms. The van der Waals surface area contributed by atoms with Gasteiger partial charge in [-0.3, -0.25) is 0 Å². The summed E-state index contributed by atoms with van der Waals surface area (Å²) < 4.78 is 0. The van der Waals surface area contributed by atoms with Crippen LogP contribution in [-0.2, 0) is 0 Å². The molecule has 1 fully saturated rings. The first-order chi connectivity index (χ1) is 8.70. The van der Waals surface area contributed by atoms with E-state index in [1.165, 1.54) is 19.3 Å². The van der Waals surface area contributed by atoms with Crippen molar-refractivity contribution in [3.8, 4) is 6.07 Å². The van der Waals surface area contributed by atoms with E-state index in [0.717, 1.165) is 18.5 Å². The Kier molecular flexibility index (Phi) is 4.46. The molecule has 3 nitrogen and oxygen atoms in total. The molecule has 0 bridgehead atoms. The number of anilines is 1. The average Bonchev–Trinajstić information content (AvgIpc) is 2.57. The van der Waals surface area contributed by atoms with E-state index in [2.05, 4.69) is 11.4 Å². The normalized spacial score (nSPS) is 24.1. The van der Waals surface area contributed by atoms with E-state index >= 15 is 0 Å². The lowest BCUT2D eigenvalue weighted by Gasteiger charge is -2.24. The van der Waals surface area contributed by atoms with Crippen molar-refractivity contribution in [2.24, 2.45) is 5.73 Å². The van der Waals surface area contributed by atoms with Crippen molar-refractivity contribution in [2.75, 3.05) is 5.32 Å². The number of nitriles is 1. The summed E-state index contributed by atoms with van der Waals surface area (Å²) in [5.41, 5.74) is 7.63. The summed E-state index contributed by atoms with van der Waals surface area (Å²) in [6.07, 6.45) is 5.82. The van der Waals surface area contributed by atoms with Crippen LogP contribution in [0, 0.1) is 11.3 Å². The molecule has 0 amide bonds. The second kappa shape index (κ2) is 6.08. The van der Waals surface area contributed by atoms with Gasteiger partial charge in [-0.1, -0.05) is 30.9 Å². The Hall–Kier alpha value is -1.24. The SMILES string of the molecule is N#Cc1ccc(NC2CCCCCC2N)c(Cl)c1. The Bertz CT molecular complexity index is 453. The number of benzene rings is 1. The van der Waals surface area contributed by atoms with Gasteiger partial charge in [0.25, 0.3) is 0 Å². The van der Waals surface area contributed by atoms with Crippen LogP contribution < -0.4 is 11.1 Å². The van der Waals surface area contributed by atoms with Crippen LogP contribution in [0.25, 0.3) is 0 Å². The fraction of sp³-hybridized carbons (Fsp3) is 0.500. The molecule has 96 valence electrons. The topological polar surface area (TPSA) is 61.8 Å². The van der Waals surface area contributed by atoms with Crippen molar-refractivity contribution in [2.45, 2.75) is 44.2 Å². The summed E-state index contributed by atoms with van der Waals surface area (Å²) in [6.45, 7) is 0. The molecule has 1 aliphatic carbocycles. The van der Waals surface area contributed by atoms with Crippen LogP contribution in [-0.4, -0.2) is 12.1 Å². The minimum atomic E-state index is 0.180. The summed E-state index contributed by atoms with van der Waals surface area (Å²) in [7, 11) is 0. The van der Waals surface area contributed by atoms with Gasteiger partial charge in [0.2, 0.25) is 0 Å². The number of hydrogen-bond acceptors (Lipinski definition) is 3. The lowest BCUT2D eigenvalue weighted by molar-refractivity contribution is 0.528. The molecule has 0 aromatic heterocycles. The first-order valence-electron chi connectivity index (χ1n) is 6.42.